The fraction of sp³-hybridized carbons (Fsp3) is 0.667. The Morgan fingerprint density at radius 3 is 2.80 bits per heavy atom. The van der Waals surface area contributed by atoms with E-state index in [-0.39, 0.29) is 0 Å². The predicted octanol–water partition coefficient (Wildman–Crippen LogP) is 2.57. The zero-order chi connectivity index (χ0) is 10.9. The Hall–Kier alpha value is -0.380. The molecular formula is C12H22N2S. The molecular weight excluding hydrogens is 204 g/mol. The van der Waals surface area contributed by atoms with E-state index in [1.165, 1.54) is 11.3 Å². The highest BCUT2D eigenvalue weighted by atomic mass is 32.1. The fourth-order valence-electron chi connectivity index (χ4n) is 1.51. The van der Waals surface area contributed by atoms with E-state index < -0.39 is 0 Å². The Morgan fingerprint density at radius 2 is 2.20 bits per heavy atom. The second-order valence-electron chi connectivity index (χ2n) is 3.70. The summed E-state index contributed by atoms with van der Waals surface area (Å²) in [4.78, 5) is 3.95. The molecule has 0 bridgehead atoms. The zero-order valence-electron chi connectivity index (χ0n) is 9.83. The van der Waals surface area contributed by atoms with Crippen molar-refractivity contribution in [3.8, 4) is 0 Å². The van der Waals surface area contributed by atoms with Gasteiger partial charge in [-0.15, -0.1) is 11.3 Å². The van der Waals surface area contributed by atoms with E-state index in [1.807, 2.05) is 11.3 Å². The van der Waals surface area contributed by atoms with Crippen LogP contribution in [0.5, 0.6) is 0 Å². The van der Waals surface area contributed by atoms with Gasteiger partial charge in [0.05, 0.1) is 0 Å². The van der Waals surface area contributed by atoms with Crippen molar-refractivity contribution in [2.24, 2.45) is 0 Å². The van der Waals surface area contributed by atoms with E-state index in [2.05, 4.69) is 41.6 Å². The Kier molecular flexibility index (Phi) is 6.64. The molecule has 0 aliphatic heterocycles. The van der Waals surface area contributed by atoms with E-state index in [9.17, 15) is 0 Å². The number of hydrogen-bond acceptors (Lipinski definition) is 3. The quantitative estimate of drug-likeness (QED) is 0.685. The molecule has 86 valence electrons. The SMILES string of the molecule is CCCNCCN(CC)Cc1cccs1. The van der Waals surface area contributed by atoms with Gasteiger partial charge < -0.3 is 5.32 Å². The molecule has 1 aromatic rings. The van der Waals surface area contributed by atoms with Gasteiger partial charge in [-0.3, -0.25) is 4.90 Å². The van der Waals surface area contributed by atoms with Gasteiger partial charge in [-0.1, -0.05) is 19.9 Å². The van der Waals surface area contributed by atoms with Gasteiger partial charge >= 0.3 is 0 Å². The van der Waals surface area contributed by atoms with Crippen LogP contribution in [0.1, 0.15) is 25.1 Å². The molecule has 1 rings (SSSR count). The van der Waals surface area contributed by atoms with Crippen molar-refractivity contribution in [2.45, 2.75) is 26.8 Å². The summed E-state index contributed by atoms with van der Waals surface area (Å²) in [5.41, 5.74) is 0. The van der Waals surface area contributed by atoms with Crippen molar-refractivity contribution in [3.05, 3.63) is 22.4 Å². The molecule has 0 saturated heterocycles. The van der Waals surface area contributed by atoms with Crippen LogP contribution in [0.25, 0.3) is 0 Å². The third kappa shape index (κ3) is 5.30. The summed E-state index contributed by atoms with van der Waals surface area (Å²) >= 11 is 1.85. The number of nitrogens with zero attached hydrogens (tertiary/aromatic N) is 1. The van der Waals surface area contributed by atoms with Gasteiger partial charge in [0, 0.05) is 24.5 Å². The van der Waals surface area contributed by atoms with Crippen molar-refractivity contribution in [1.29, 1.82) is 0 Å². The largest absolute Gasteiger partial charge is 0.315 e. The smallest absolute Gasteiger partial charge is 0.0328 e. The molecule has 1 aromatic heterocycles. The van der Waals surface area contributed by atoms with E-state index in [1.54, 1.807) is 0 Å². The molecule has 1 N–H and O–H groups in total. The maximum Gasteiger partial charge on any atom is 0.0328 e. The van der Waals surface area contributed by atoms with Gasteiger partial charge in [0.2, 0.25) is 0 Å². The van der Waals surface area contributed by atoms with Crippen LogP contribution >= 0.6 is 11.3 Å². The lowest BCUT2D eigenvalue weighted by atomic mass is 10.4. The minimum absolute atomic E-state index is 1.10. The molecule has 0 spiro atoms. The molecule has 3 heteroatoms. The topological polar surface area (TPSA) is 15.3 Å². The maximum atomic E-state index is 3.44. The van der Waals surface area contributed by atoms with Gasteiger partial charge in [0.1, 0.15) is 0 Å². The summed E-state index contributed by atoms with van der Waals surface area (Å²) < 4.78 is 0. The minimum atomic E-state index is 1.10. The van der Waals surface area contributed by atoms with E-state index in [0.29, 0.717) is 0 Å². The molecule has 0 atom stereocenters. The number of thiophene rings is 1. The zero-order valence-corrected chi connectivity index (χ0v) is 10.6. The molecule has 0 fully saturated rings. The lowest BCUT2D eigenvalue weighted by Gasteiger charge is -2.19. The van der Waals surface area contributed by atoms with Crippen LogP contribution < -0.4 is 5.32 Å². The normalized spacial score (nSPS) is 11.1. The van der Waals surface area contributed by atoms with E-state index in [4.69, 9.17) is 0 Å². The Morgan fingerprint density at radius 1 is 1.33 bits per heavy atom. The van der Waals surface area contributed by atoms with Crippen molar-refractivity contribution in [2.75, 3.05) is 26.2 Å². The highest BCUT2D eigenvalue weighted by Crippen LogP contribution is 2.11. The first-order chi connectivity index (χ1) is 7.36. The molecule has 15 heavy (non-hydrogen) atoms. The summed E-state index contributed by atoms with van der Waals surface area (Å²) in [5.74, 6) is 0. The first-order valence-corrected chi connectivity index (χ1v) is 6.70. The van der Waals surface area contributed by atoms with Crippen LogP contribution in [-0.2, 0) is 6.54 Å². The average molecular weight is 226 g/mol. The standard InChI is InChI=1S/C12H22N2S/c1-3-7-13-8-9-14(4-2)11-12-6-5-10-15-12/h5-6,10,13H,3-4,7-9,11H2,1-2H3. The van der Waals surface area contributed by atoms with Crippen molar-refractivity contribution in [1.82, 2.24) is 10.2 Å². The number of nitrogens with one attached hydrogen (secondary N) is 1. The van der Waals surface area contributed by atoms with Crippen LogP contribution in [0.2, 0.25) is 0 Å². The van der Waals surface area contributed by atoms with Gasteiger partial charge in [-0.2, -0.15) is 0 Å². The maximum absolute atomic E-state index is 3.44. The lowest BCUT2D eigenvalue weighted by Crippen LogP contribution is -2.31. The Labute approximate surface area is 97.3 Å². The lowest BCUT2D eigenvalue weighted by molar-refractivity contribution is 0.282. The number of likely N-dealkylation sites (N-methyl/N-ethyl adjacent to an activating group) is 1. The minimum Gasteiger partial charge on any atom is -0.315 e. The second kappa shape index (κ2) is 7.85. The molecule has 0 aliphatic carbocycles. The van der Waals surface area contributed by atoms with Crippen molar-refractivity contribution < 1.29 is 0 Å². The molecule has 0 radical (unpaired) electrons. The summed E-state index contributed by atoms with van der Waals surface area (Å²) in [6.45, 7) is 10.1. The van der Waals surface area contributed by atoms with Crippen molar-refractivity contribution in [3.63, 3.8) is 0 Å². The van der Waals surface area contributed by atoms with Gasteiger partial charge in [-0.25, -0.2) is 0 Å². The van der Waals surface area contributed by atoms with Crippen LogP contribution in [0, 0.1) is 0 Å². The number of hydrogen-bond donors (Lipinski definition) is 1. The van der Waals surface area contributed by atoms with Crippen LogP contribution in [0.4, 0.5) is 0 Å². The third-order valence-corrected chi connectivity index (χ3v) is 3.30. The highest BCUT2D eigenvalue weighted by molar-refractivity contribution is 7.09. The molecule has 0 aromatic carbocycles. The molecule has 1 heterocycles. The first-order valence-electron chi connectivity index (χ1n) is 5.82. The number of rotatable bonds is 8. The van der Waals surface area contributed by atoms with E-state index >= 15 is 0 Å². The average Bonchev–Trinajstić information content (AvgIpc) is 2.75. The first kappa shape index (κ1) is 12.7. The van der Waals surface area contributed by atoms with Gasteiger partial charge in [0.25, 0.3) is 0 Å². The molecule has 0 aliphatic rings. The molecule has 0 amide bonds. The monoisotopic (exact) mass is 226 g/mol. The summed E-state index contributed by atoms with van der Waals surface area (Å²) in [5, 5.41) is 5.59. The highest BCUT2D eigenvalue weighted by Gasteiger charge is 2.03. The molecule has 0 saturated carbocycles. The predicted molar refractivity (Wildman–Crippen MR) is 68.4 cm³/mol. The van der Waals surface area contributed by atoms with Crippen molar-refractivity contribution >= 4 is 11.3 Å². The Bertz CT molecular complexity index is 234. The van der Waals surface area contributed by atoms with Gasteiger partial charge in [-0.05, 0) is 31.0 Å². The summed E-state index contributed by atoms with van der Waals surface area (Å²) in [6.07, 6.45) is 1.22. The summed E-state index contributed by atoms with van der Waals surface area (Å²) in [6, 6.07) is 4.34. The van der Waals surface area contributed by atoms with Crippen LogP contribution in [-0.4, -0.2) is 31.1 Å². The van der Waals surface area contributed by atoms with E-state index in [0.717, 1.165) is 32.7 Å². The molecule has 2 nitrogen and oxygen atoms in total. The Balaban J connectivity index is 2.18. The van der Waals surface area contributed by atoms with Crippen LogP contribution in [0.3, 0.4) is 0 Å². The fourth-order valence-corrected chi connectivity index (χ4v) is 2.26. The second-order valence-corrected chi connectivity index (χ2v) is 4.73. The van der Waals surface area contributed by atoms with Crippen LogP contribution in [0.15, 0.2) is 17.5 Å². The third-order valence-electron chi connectivity index (χ3n) is 2.44. The molecule has 0 unspecified atom stereocenters. The summed E-state index contributed by atoms with van der Waals surface area (Å²) in [7, 11) is 0. The van der Waals surface area contributed by atoms with Gasteiger partial charge in [0.15, 0.2) is 0 Å².